The number of halogens is 5. The Hall–Kier alpha value is -3.42. The fourth-order valence-electron chi connectivity index (χ4n) is 3.40. The van der Waals surface area contributed by atoms with Crippen LogP contribution in [0.3, 0.4) is 0 Å². The average Bonchev–Trinajstić information content (AvgIpc) is 3.08. The normalized spacial score (nSPS) is 18.5. The van der Waals surface area contributed by atoms with Crippen LogP contribution in [0.1, 0.15) is 24.1 Å². The van der Waals surface area contributed by atoms with Gasteiger partial charge in [0.2, 0.25) is 5.90 Å². The van der Waals surface area contributed by atoms with Crippen molar-refractivity contribution in [1.82, 2.24) is 0 Å². The first-order chi connectivity index (χ1) is 14.7. The molecule has 1 unspecified atom stereocenters. The Morgan fingerprint density at radius 3 is 1.94 bits per heavy atom. The highest BCUT2D eigenvalue weighted by Crippen LogP contribution is 2.33. The quantitative estimate of drug-likeness (QED) is 0.444. The maximum atomic E-state index is 14.0. The second kappa shape index (κ2) is 8.02. The SMILES string of the molecule is C[C@H]1OC(c2c(F)cccc2F)=NC1c1ccc(-c2ccc(OC(F)(F)F)cc2)cc1. The third-order valence-electron chi connectivity index (χ3n) is 4.85. The molecule has 0 fully saturated rings. The number of hydrogen-bond donors (Lipinski definition) is 0. The van der Waals surface area contributed by atoms with Crippen molar-refractivity contribution >= 4 is 5.90 Å². The third kappa shape index (κ3) is 4.52. The van der Waals surface area contributed by atoms with Crippen molar-refractivity contribution in [3.63, 3.8) is 0 Å². The zero-order chi connectivity index (χ0) is 22.2. The van der Waals surface area contributed by atoms with E-state index in [0.717, 1.165) is 23.3 Å². The number of ether oxygens (including phenoxy) is 2. The number of aliphatic imine (C=N–C) groups is 1. The van der Waals surface area contributed by atoms with Gasteiger partial charge in [-0.2, -0.15) is 0 Å². The van der Waals surface area contributed by atoms with E-state index in [4.69, 9.17) is 4.74 Å². The molecule has 0 spiro atoms. The summed E-state index contributed by atoms with van der Waals surface area (Å²) in [6.45, 7) is 1.76. The van der Waals surface area contributed by atoms with Crippen LogP contribution in [-0.4, -0.2) is 18.4 Å². The van der Waals surface area contributed by atoms with Crippen LogP contribution in [0.2, 0.25) is 0 Å². The van der Waals surface area contributed by atoms with Gasteiger partial charge in [-0.3, -0.25) is 0 Å². The summed E-state index contributed by atoms with van der Waals surface area (Å²) in [6.07, 6.45) is -5.17. The Morgan fingerprint density at radius 2 is 1.39 bits per heavy atom. The molecule has 0 aliphatic carbocycles. The van der Waals surface area contributed by atoms with Gasteiger partial charge in [0, 0.05) is 0 Å². The van der Waals surface area contributed by atoms with E-state index in [2.05, 4.69) is 9.73 Å². The first kappa shape index (κ1) is 20.8. The monoisotopic (exact) mass is 433 g/mol. The van der Waals surface area contributed by atoms with Gasteiger partial charge in [0.05, 0.1) is 0 Å². The van der Waals surface area contributed by atoms with Gasteiger partial charge < -0.3 is 9.47 Å². The molecule has 8 heteroatoms. The molecule has 0 aromatic heterocycles. The molecule has 160 valence electrons. The highest BCUT2D eigenvalue weighted by Gasteiger charge is 2.32. The summed E-state index contributed by atoms with van der Waals surface area (Å²) >= 11 is 0. The second-order valence-corrected chi connectivity index (χ2v) is 6.99. The molecule has 3 aromatic rings. The molecule has 0 saturated heterocycles. The van der Waals surface area contributed by atoms with Gasteiger partial charge >= 0.3 is 6.36 Å². The van der Waals surface area contributed by atoms with Crippen molar-refractivity contribution in [3.8, 4) is 16.9 Å². The van der Waals surface area contributed by atoms with Crippen molar-refractivity contribution < 1.29 is 31.4 Å². The molecular weight excluding hydrogens is 417 g/mol. The lowest BCUT2D eigenvalue weighted by molar-refractivity contribution is -0.274. The van der Waals surface area contributed by atoms with E-state index in [1.54, 1.807) is 31.2 Å². The van der Waals surface area contributed by atoms with Crippen LogP contribution in [0, 0.1) is 11.6 Å². The zero-order valence-corrected chi connectivity index (χ0v) is 16.2. The van der Waals surface area contributed by atoms with Crippen molar-refractivity contribution in [2.24, 2.45) is 4.99 Å². The largest absolute Gasteiger partial charge is 0.573 e. The van der Waals surface area contributed by atoms with Crippen LogP contribution in [0.4, 0.5) is 22.0 Å². The molecule has 0 amide bonds. The Bertz CT molecular complexity index is 1090. The van der Waals surface area contributed by atoms with E-state index in [1.807, 2.05) is 0 Å². The fraction of sp³-hybridized carbons (Fsp3) is 0.174. The molecule has 4 rings (SSSR count). The van der Waals surface area contributed by atoms with Gasteiger partial charge in [0.25, 0.3) is 0 Å². The summed E-state index contributed by atoms with van der Waals surface area (Å²) < 4.78 is 74.4. The topological polar surface area (TPSA) is 30.8 Å². The standard InChI is InChI=1S/C23H16F5NO2/c1-13-21(29-22(30-13)20-18(24)3-2-4-19(20)25)16-7-5-14(6-8-16)15-9-11-17(12-10-15)31-23(26,27)28/h2-13,21H,1H3/t13-,21?/m1/s1. The number of benzene rings is 3. The second-order valence-electron chi connectivity index (χ2n) is 6.99. The highest BCUT2D eigenvalue weighted by atomic mass is 19.4. The molecule has 0 N–H and O–H groups in total. The summed E-state index contributed by atoms with van der Waals surface area (Å²) in [5.41, 5.74) is 1.96. The Morgan fingerprint density at radius 1 is 0.839 bits per heavy atom. The number of nitrogens with zero attached hydrogens (tertiary/aromatic N) is 1. The van der Waals surface area contributed by atoms with Crippen LogP contribution >= 0.6 is 0 Å². The van der Waals surface area contributed by atoms with Crippen LogP contribution in [-0.2, 0) is 4.74 Å². The molecule has 0 bridgehead atoms. The van der Waals surface area contributed by atoms with Crippen molar-refractivity contribution in [1.29, 1.82) is 0 Å². The molecule has 1 aliphatic rings. The predicted molar refractivity (Wildman–Crippen MR) is 105 cm³/mol. The molecular formula is C23H16F5NO2. The molecule has 31 heavy (non-hydrogen) atoms. The molecule has 2 atom stereocenters. The van der Waals surface area contributed by atoms with E-state index in [1.165, 1.54) is 30.3 Å². The zero-order valence-electron chi connectivity index (χ0n) is 16.2. The van der Waals surface area contributed by atoms with Gasteiger partial charge in [-0.15, -0.1) is 13.2 Å². The maximum Gasteiger partial charge on any atom is 0.573 e. The van der Waals surface area contributed by atoms with Crippen LogP contribution in [0.5, 0.6) is 5.75 Å². The minimum absolute atomic E-state index is 0.0857. The van der Waals surface area contributed by atoms with Gasteiger partial charge in [-0.25, -0.2) is 13.8 Å². The van der Waals surface area contributed by atoms with E-state index >= 15 is 0 Å². The van der Waals surface area contributed by atoms with Crippen LogP contribution in [0.15, 0.2) is 71.7 Å². The van der Waals surface area contributed by atoms with Gasteiger partial charge in [-0.05, 0) is 47.9 Å². The summed E-state index contributed by atoms with van der Waals surface area (Å²) in [5.74, 6) is -1.88. The maximum absolute atomic E-state index is 14.0. The lowest BCUT2D eigenvalue weighted by Gasteiger charge is -2.14. The number of alkyl halides is 3. The Kier molecular flexibility index (Phi) is 5.39. The van der Waals surface area contributed by atoms with E-state index in [-0.39, 0.29) is 17.2 Å². The predicted octanol–water partition coefficient (Wildman–Crippen LogP) is 6.44. The molecule has 1 aliphatic heterocycles. The van der Waals surface area contributed by atoms with Crippen LogP contribution < -0.4 is 4.74 Å². The van der Waals surface area contributed by atoms with Crippen LogP contribution in [0.25, 0.3) is 11.1 Å². The summed E-state index contributed by atoms with van der Waals surface area (Å²) in [4.78, 5) is 4.37. The minimum Gasteiger partial charge on any atom is -0.472 e. The smallest absolute Gasteiger partial charge is 0.472 e. The lowest BCUT2D eigenvalue weighted by Crippen LogP contribution is -2.16. The van der Waals surface area contributed by atoms with Gasteiger partial charge in [0.15, 0.2) is 0 Å². The van der Waals surface area contributed by atoms with Crippen molar-refractivity contribution in [2.75, 3.05) is 0 Å². The third-order valence-corrected chi connectivity index (χ3v) is 4.85. The van der Waals surface area contributed by atoms with Crippen molar-refractivity contribution in [3.05, 3.63) is 89.5 Å². The molecule has 1 heterocycles. The Balaban J connectivity index is 1.55. The average molecular weight is 433 g/mol. The highest BCUT2D eigenvalue weighted by molar-refractivity contribution is 5.96. The first-order valence-electron chi connectivity index (χ1n) is 9.36. The minimum atomic E-state index is -4.74. The molecule has 0 radical (unpaired) electrons. The summed E-state index contributed by atoms with van der Waals surface area (Å²) in [5, 5.41) is 0. The van der Waals surface area contributed by atoms with E-state index in [0.29, 0.717) is 5.56 Å². The fourth-order valence-corrected chi connectivity index (χ4v) is 3.40. The molecule has 3 aromatic carbocycles. The van der Waals surface area contributed by atoms with E-state index < -0.39 is 30.1 Å². The lowest BCUT2D eigenvalue weighted by atomic mass is 9.99. The van der Waals surface area contributed by atoms with Gasteiger partial charge in [-0.1, -0.05) is 42.5 Å². The number of hydrogen-bond acceptors (Lipinski definition) is 3. The molecule has 0 saturated carbocycles. The molecule has 3 nitrogen and oxygen atoms in total. The van der Waals surface area contributed by atoms with Crippen molar-refractivity contribution in [2.45, 2.75) is 25.4 Å². The Labute approximate surface area is 174 Å². The van der Waals surface area contributed by atoms with E-state index in [9.17, 15) is 22.0 Å². The first-order valence-corrected chi connectivity index (χ1v) is 9.36. The summed E-state index contributed by atoms with van der Waals surface area (Å²) in [7, 11) is 0. The number of rotatable bonds is 4. The summed E-state index contributed by atoms with van der Waals surface area (Å²) in [6, 6.07) is 15.8. The van der Waals surface area contributed by atoms with Gasteiger partial charge in [0.1, 0.15) is 35.1 Å².